The molecule has 0 unspecified atom stereocenters. The number of phenols is 1. The van der Waals surface area contributed by atoms with Crippen molar-refractivity contribution in [3.63, 3.8) is 0 Å². The Kier molecular flexibility index (Phi) is 4.38. The minimum Gasteiger partial charge on any atom is -0.507 e. The van der Waals surface area contributed by atoms with Crippen LogP contribution in [0, 0.1) is 0 Å². The van der Waals surface area contributed by atoms with Gasteiger partial charge in [0.1, 0.15) is 12.4 Å². The predicted octanol–water partition coefficient (Wildman–Crippen LogP) is 3.43. The molecule has 1 aliphatic rings. The molecule has 1 heterocycles. The Balaban J connectivity index is 1.50. The number of nitrogens with zero attached hydrogens (tertiary/aromatic N) is 1. The summed E-state index contributed by atoms with van der Waals surface area (Å²) in [6.07, 6.45) is -0.364. The number of anilines is 1. The first-order valence-electron chi connectivity index (χ1n) is 8.65. The van der Waals surface area contributed by atoms with Crippen molar-refractivity contribution in [3.05, 3.63) is 71.8 Å². The normalized spacial score (nSPS) is 13.6. The average Bonchev–Trinajstić information content (AvgIpc) is 3.12. The van der Waals surface area contributed by atoms with E-state index in [1.54, 1.807) is 17.0 Å². The van der Waals surface area contributed by atoms with Crippen molar-refractivity contribution in [3.8, 4) is 5.75 Å². The number of ether oxygens (including phenoxy) is 1. The van der Waals surface area contributed by atoms with Crippen molar-refractivity contribution in [2.24, 2.45) is 0 Å². The van der Waals surface area contributed by atoms with Gasteiger partial charge in [0.05, 0.1) is 12.1 Å². The largest absolute Gasteiger partial charge is 0.507 e. The fraction of sp³-hybridized carbons (Fsp3) is 0.143. The summed E-state index contributed by atoms with van der Waals surface area (Å²) in [5.74, 6) is -0.413. The van der Waals surface area contributed by atoms with Crippen LogP contribution in [0.5, 0.6) is 5.75 Å². The molecule has 4 rings (SSSR count). The molecule has 0 aromatic heterocycles. The summed E-state index contributed by atoms with van der Waals surface area (Å²) in [6, 6.07) is 18.2. The molecule has 1 fully saturated rings. The van der Waals surface area contributed by atoms with Crippen molar-refractivity contribution in [2.45, 2.75) is 6.54 Å². The summed E-state index contributed by atoms with van der Waals surface area (Å²) >= 11 is 0. The summed E-state index contributed by atoms with van der Waals surface area (Å²) in [7, 11) is 0. The molecule has 0 atom stereocenters. The van der Waals surface area contributed by atoms with Crippen LogP contribution in [0.1, 0.15) is 15.9 Å². The molecule has 6 heteroatoms. The lowest BCUT2D eigenvalue weighted by Gasteiger charge is -2.14. The third-order valence-corrected chi connectivity index (χ3v) is 4.54. The molecule has 3 aromatic rings. The lowest BCUT2D eigenvalue weighted by molar-refractivity contribution is 0.0948. The minimum absolute atomic E-state index is 0.0558. The molecule has 0 spiro atoms. The molecule has 3 aromatic carbocycles. The first-order valence-corrected chi connectivity index (χ1v) is 8.65. The van der Waals surface area contributed by atoms with Gasteiger partial charge in [-0.3, -0.25) is 9.69 Å². The van der Waals surface area contributed by atoms with Gasteiger partial charge >= 0.3 is 6.09 Å². The van der Waals surface area contributed by atoms with Crippen molar-refractivity contribution in [1.82, 2.24) is 5.32 Å². The maximum atomic E-state index is 12.5. The molecule has 0 saturated carbocycles. The van der Waals surface area contributed by atoms with Crippen molar-refractivity contribution in [1.29, 1.82) is 0 Å². The Morgan fingerprint density at radius 1 is 1.07 bits per heavy atom. The molecule has 136 valence electrons. The maximum absolute atomic E-state index is 12.5. The van der Waals surface area contributed by atoms with Crippen molar-refractivity contribution in [2.75, 3.05) is 18.1 Å². The quantitative estimate of drug-likeness (QED) is 0.745. The van der Waals surface area contributed by atoms with Crippen LogP contribution < -0.4 is 10.2 Å². The number of nitrogens with one attached hydrogen (secondary N) is 1. The number of aromatic hydroxyl groups is 1. The first-order chi connectivity index (χ1) is 13.1. The van der Waals surface area contributed by atoms with E-state index in [1.165, 1.54) is 0 Å². The molecule has 27 heavy (non-hydrogen) atoms. The standard InChI is InChI=1S/C21H18N2O4/c24-19-12-16-6-2-1-5-15(16)11-18(19)20(25)22-13-14-4-3-7-17(10-14)23-8-9-27-21(23)26/h1-7,10-12,24H,8-9,13H2,(H,22,25). The fourth-order valence-electron chi connectivity index (χ4n) is 3.15. The van der Waals surface area contributed by atoms with E-state index in [0.717, 1.165) is 22.0 Å². The smallest absolute Gasteiger partial charge is 0.414 e. The number of fused-ring (bicyclic) bond motifs is 1. The Morgan fingerprint density at radius 2 is 1.85 bits per heavy atom. The summed E-state index contributed by atoms with van der Waals surface area (Å²) in [6.45, 7) is 1.17. The monoisotopic (exact) mass is 362 g/mol. The van der Waals surface area contributed by atoms with E-state index in [2.05, 4.69) is 5.32 Å². The van der Waals surface area contributed by atoms with E-state index in [1.807, 2.05) is 48.5 Å². The number of benzene rings is 3. The van der Waals surface area contributed by atoms with Crippen LogP contribution >= 0.6 is 0 Å². The van der Waals surface area contributed by atoms with Crippen LogP contribution in [0.2, 0.25) is 0 Å². The number of phenolic OH excluding ortho intramolecular Hbond substituents is 1. The van der Waals surface area contributed by atoms with Gasteiger partial charge in [0, 0.05) is 12.2 Å². The highest BCUT2D eigenvalue weighted by Gasteiger charge is 2.23. The van der Waals surface area contributed by atoms with Gasteiger partial charge in [-0.25, -0.2) is 4.79 Å². The Morgan fingerprint density at radius 3 is 2.59 bits per heavy atom. The number of rotatable bonds is 4. The van der Waals surface area contributed by atoms with Crippen LogP contribution in [0.25, 0.3) is 10.8 Å². The van der Waals surface area contributed by atoms with Crippen LogP contribution in [-0.4, -0.2) is 30.3 Å². The molecule has 0 radical (unpaired) electrons. The fourth-order valence-corrected chi connectivity index (χ4v) is 3.15. The first kappa shape index (κ1) is 16.9. The topological polar surface area (TPSA) is 78.9 Å². The Labute approximate surface area is 156 Å². The van der Waals surface area contributed by atoms with E-state index < -0.39 is 0 Å². The second-order valence-corrected chi connectivity index (χ2v) is 6.34. The highest BCUT2D eigenvalue weighted by Crippen LogP contribution is 2.25. The second kappa shape index (κ2) is 6.99. The maximum Gasteiger partial charge on any atom is 0.414 e. The van der Waals surface area contributed by atoms with E-state index in [-0.39, 0.29) is 29.9 Å². The number of hydrogen-bond acceptors (Lipinski definition) is 4. The zero-order chi connectivity index (χ0) is 18.8. The molecule has 0 aliphatic carbocycles. The number of carbonyl (C=O) groups is 2. The van der Waals surface area contributed by atoms with Crippen LogP contribution in [0.4, 0.5) is 10.5 Å². The van der Waals surface area contributed by atoms with Gasteiger partial charge in [-0.15, -0.1) is 0 Å². The zero-order valence-corrected chi connectivity index (χ0v) is 14.5. The highest BCUT2D eigenvalue weighted by atomic mass is 16.6. The van der Waals surface area contributed by atoms with Crippen LogP contribution in [-0.2, 0) is 11.3 Å². The van der Waals surface area contributed by atoms with E-state index in [9.17, 15) is 14.7 Å². The van der Waals surface area contributed by atoms with Gasteiger partial charge in [-0.1, -0.05) is 36.4 Å². The van der Waals surface area contributed by atoms with Crippen LogP contribution in [0.3, 0.4) is 0 Å². The number of cyclic esters (lactones) is 1. The number of amides is 2. The molecule has 0 bridgehead atoms. The SMILES string of the molecule is O=C(NCc1cccc(N2CCOC2=O)c1)c1cc2ccccc2cc1O. The van der Waals surface area contributed by atoms with E-state index in [4.69, 9.17) is 4.74 Å². The van der Waals surface area contributed by atoms with Gasteiger partial charge in [0.25, 0.3) is 5.91 Å². The Bertz CT molecular complexity index is 1030. The van der Waals surface area contributed by atoms with Gasteiger partial charge in [0.15, 0.2) is 0 Å². The number of carbonyl (C=O) groups excluding carboxylic acids is 2. The van der Waals surface area contributed by atoms with E-state index in [0.29, 0.717) is 13.2 Å². The molecule has 1 saturated heterocycles. The van der Waals surface area contributed by atoms with Gasteiger partial charge in [-0.05, 0) is 40.6 Å². The molecular weight excluding hydrogens is 344 g/mol. The third kappa shape index (κ3) is 3.42. The number of hydrogen-bond donors (Lipinski definition) is 2. The summed E-state index contributed by atoms with van der Waals surface area (Å²) in [4.78, 5) is 25.8. The molecule has 1 aliphatic heterocycles. The van der Waals surface area contributed by atoms with Crippen LogP contribution in [0.15, 0.2) is 60.7 Å². The molecular formula is C21H18N2O4. The van der Waals surface area contributed by atoms with Gasteiger partial charge in [-0.2, -0.15) is 0 Å². The summed E-state index contributed by atoms with van der Waals surface area (Å²) in [5, 5.41) is 14.7. The lowest BCUT2D eigenvalue weighted by atomic mass is 10.1. The molecule has 2 amide bonds. The predicted molar refractivity (Wildman–Crippen MR) is 102 cm³/mol. The van der Waals surface area contributed by atoms with Crippen molar-refractivity contribution < 1.29 is 19.4 Å². The average molecular weight is 362 g/mol. The minimum atomic E-state index is -0.364. The molecule has 6 nitrogen and oxygen atoms in total. The van der Waals surface area contributed by atoms with Gasteiger partial charge in [0.2, 0.25) is 0 Å². The Hall–Kier alpha value is -3.54. The summed E-state index contributed by atoms with van der Waals surface area (Å²) in [5.41, 5.74) is 1.81. The van der Waals surface area contributed by atoms with Gasteiger partial charge < -0.3 is 15.2 Å². The van der Waals surface area contributed by atoms with Crippen molar-refractivity contribution >= 4 is 28.5 Å². The third-order valence-electron chi connectivity index (χ3n) is 4.54. The highest BCUT2D eigenvalue weighted by molar-refractivity contribution is 6.01. The summed E-state index contributed by atoms with van der Waals surface area (Å²) < 4.78 is 4.95. The second-order valence-electron chi connectivity index (χ2n) is 6.34. The lowest BCUT2D eigenvalue weighted by Crippen LogP contribution is -2.25. The molecule has 2 N–H and O–H groups in total. The van der Waals surface area contributed by atoms with E-state index >= 15 is 0 Å². The zero-order valence-electron chi connectivity index (χ0n) is 14.5.